The third-order valence-electron chi connectivity index (χ3n) is 3.93. The Labute approximate surface area is 132 Å². The molecule has 0 bridgehead atoms. The molecule has 1 atom stereocenters. The molecule has 0 spiro atoms. The van der Waals surface area contributed by atoms with Crippen LogP contribution in [0.1, 0.15) is 31.7 Å². The first kappa shape index (κ1) is 17.9. The number of carbonyl (C=O) groups is 1. The number of nitrogens with zero attached hydrogens (tertiary/aromatic N) is 1. The van der Waals surface area contributed by atoms with Crippen molar-refractivity contribution in [1.29, 1.82) is 0 Å². The first-order chi connectivity index (χ1) is 9.69. The molecule has 3 nitrogen and oxygen atoms in total. The molecule has 1 heterocycles. The molecular weight excluding hydrogens is 291 g/mol. The van der Waals surface area contributed by atoms with Crippen molar-refractivity contribution in [2.75, 3.05) is 19.6 Å². The van der Waals surface area contributed by atoms with Crippen LogP contribution in [0, 0.1) is 11.7 Å². The van der Waals surface area contributed by atoms with Gasteiger partial charge in [-0.1, -0.05) is 12.1 Å². The summed E-state index contributed by atoms with van der Waals surface area (Å²) >= 11 is 0. The number of hydrogen-bond donors (Lipinski definition) is 1. The molecule has 1 aliphatic rings. The van der Waals surface area contributed by atoms with E-state index in [2.05, 4.69) is 5.32 Å². The molecule has 0 saturated carbocycles. The van der Waals surface area contributed by atoms with Crippen LogP contribution in [0.4, 0.5) is 4.39 Å². The van der Waals surface area contributed by atoms with Gasteiger partial charge in [-0.2, -0.15) is 0 Å². The molecule has 1 amide bonds. The van der Waals surface area contributed by atoms with Crippen molar-refractivity contribution in [3.63, 3.8) is 0 Å². The molecular formula is C16H24ClFN2O. The zero-order valence-electron chi connectivity index (χ0n) is 12.5. The van der Waals surface area contributed by atoms with E-state index in [0.29, 0.717) is 25.4 Å². The molecule has 21 heavy (non-hydrogen) atoms. The van der Waals surface area contributed by atoms with Crippen molar-refractivity contribution in [2.24, 2.45) is 5.92 Å². The van der Waals surface area contributed by atoms with Crippen molar-refractivity contribution in [3.05, 3.63) is 35.6 Å². The van der Waals surface area contributed by atoms with Crippen LogP contribution >= 0.6 is 12.4 Å². The number of amides is 1. The standard InChI is InChI=1S/C16H23FN2O.ClH/c1-2-19(12-14-4-3-5-15(17)10-14)16(20)7-6-13-8-9-18-11-13;/h3-5,10,13,18H,2,6-9,11-12H2,1H3;1H. The van der Waals surface area contributed by atoms with Gasteiger partial charge in [0.2, 0.25) is 5.91 Å². The quantitative estimate of drug-likeness (QED) is 0.875. The highest BCUT2D eigenvalue weighted by atomic mass is 35.5. The smallest absolute Gasteiger partial charge is 0.222 e. The van der Waals surface area contributed by atoms with Crippen LogP contribution in [0.2, 0.25) is 0 Å². The number of nitrogens with one attached hydrogen (secondary N) is 1. The minimum atomic E-state index is -0.247. The molecule has 0 aliphatic carbocycles. The average molecular weight is 315 g/mol. The summed E-state index contributed by atoms with van der Waals surface area (Å²) in [4.78, 5) is 14.0. The maximum atomic E-state index is 13.2. The Balaban J connectivity index is 0.00000220. The average Bonchev–Trinajstić information content (AvgIpc) is 2.95. The van der Waals surface area contributed by atoms with Gasteiger partial charge in [0.15, 0.2) is 0 Å². The lowest BCUT2D eigenvalue weighted by atomic mass is 10.0. The van der Waals surface area contributed by atoms with E-state index in [-0.39, 0.29) is 24.1 Å². The Morgan fingerprint density at radius 2 is 2.29 bits per heavy atom. The summed E-state index contributed by atoms with van der Waals surface area (Å²) < 4.78 is 13.2. The molecule has 1 unspecified atom stereocenters. The highest BCUT2D eigenvalue weighted by molar-refractivity contribution is 5.85. The fourth-order valence-corrected chi connectivity index (χ4v) is 2.68. The first-order valence-corrected chi connectivity index (χ1v) is 7.42. The van der Waals surface area contributed by atoms with Gasteiger partial charge in [-0.05, 0) is 56.5 Å². The molecule has 1 saturated heterocycles. The summed E-state index contributed by atoms with van der Waals surface area (Å²) in [6.45, 7) is 5.23. The minimum absolute atomic E-state index is 0. The number of carbonyl (C=O) groups excluding carboxylic acids is 1. The van der Waals surface area contributed by atoms with Crippen molar-refractivity contribution in [2.45, 2.75) is 32.7 Å². The normalized spacial score (nSPS) is 17.3. The van der Waals surface area contributed by atoms with Crippen LogP contribution in [-0.4, -0.2) is 30.4 Å². The van der Waals surface area contributed by atoms with Crippen molar-refractivity contribution in [1.82, 2.24) is 10.2 Å². The monoisotopic (exact) mass is 314 g/mol. The number of benzene rings is 1. The zero-order valence-corrected chi connectivity index (χ0v) is 13.3. The van der Waals surface area contributed by atoms with Crippen LogP contribution in [0.15, 0.2) is 24.3 Å². The lowest BCUT2D eigenvalue weighted by molar-refractivity contribution is -0.131. The van der Waals surface area contributed by atoms with Crippen LogP contribution in [0.25, 0.3) is 0 Å². The van der Waals surface area contributed by atoms with Gasteiger partial charge in [-0.15, -0.1) is 12.4 Å². The summed E-state index contributed by atoms with van der Waals surface area (Å²) in [6.07, 6.45) is 2.71. The predicted molar refractivity (Wildman–Crippen MR) is 84.9 cm³/mol. The van der Waals surface area contributed by atoms with Crippen molar-refractivity contribution < 1.29 is 9.18 Å². The van der Waals surface area contributed by atoms with Crippen LogP contribution in [0.5, 0.6) is 0 Å². The summed E-state index contributed by atoms with van der Waals surface area (Å²) in [5, 5.41) is 3.32. The Bertz CT molecular complexity index is 450. The molecule has 0 radical (unpaired) electrons. The third-order valence-corrected chi connectivity index (χ3v) is 3.93. The van der Waals surface area contributed by atoms with Gasteiger partial charge in [0, 0.05) is 19.5 Å². The summed E-state index contributed by atoms with van der Waals surface area (Å²) in [6, 6.07) is 6.47. The van der Waals surface area contributed by atoms with Gasteiger partial charge in [-0.3, -0.25) is 4.79 Å². The summed E-state index contributed by atoms with van der Waals surface area (Å²) in [7, 11) is 0. The highest BCUT2D eigenvalue weighted by Gasteiger charge is 2.18. The van der Waals surface area contributed by atoms with Crippen molar-refractivity contribution in [3.8, 4) is 0 Å². The van der Waals surface area contributed by atoms with Crippen LogP contribution in [-0.2, 0) is 11.3 Å². The molecule has 1 fully saturated rings. The highest BCUT2D eigenvalue weighted by Crippen LogP contribution is 2.16. The minimum Gasteiger partial charge on any atom is -0.339 e. The maximum absolute atomic E-state index is 13.2. The molecule has 1 aromatic rings. The van der Waals surface area contributed by atoms with E-state index in [1.807, 2.05) is 13.0 Å². The number of hydrogen-bond acceptors (Lipinski definition) is 2. The fraction of sp³-hybridized carbons (Fsp3) is 0.562. The Morgan fingerprint density at radius 3 is 2.90 bits per heavy atom. The van der Waals surface area contributed by atoms with E-state index in [1.165, 1.54) is 18.6 Å². The second kappa shape index (κ2) is 9.00. The second-order valence-electron chi connectivity index (χ2n) is 5.44. The molecule has 1 aliphatic heterocycles. The van der Waals surface area contributed by atoms with E-state index in [0.717, 1.165) is 25.1 Å². The summed E-state index contributed by atoms with van der Waals surface area (Å²) in [5.74, 6) is 0.554. The largest absolute Gasteiger partial charge is 0.339 e. The van der Waals surface area contributed by atoms with E-state index < -0.39 is 0 Å². The van der Waals surface area contributed by atoms with E-state index >= 15 is 0 Å². The molecule has 0 aromatic heterocycles. The van der Waals surface area contributed by atoms with Crippen LogP contribution < -0.4 is 5.32 Å². The van der Waals surface area contributed by atoms with Gasteiger partial charge >= 0.3 is 0 Å². The Hall–Kier alpha value is -1.13. The Kier molecular flexibility index (Phi) is 7.68. The van der Waals surface area contributed by atoms with Gasteiger partial charge in [0.05, 0.1) is 0 Å². The van der Waals surface area contributed by atoms with Gasteiger partial charge < -0.3 is 10.2 Å². The molecule has 2 rings (SSSR count). The predicted octanol–water partition coefficient (Wildman–Crippen LogP) is 2.99. The second-order valence-corrected chi connectivity index (χ2v) is 5.44. The topological polar surface area (TPSA) is 32.3 Å². The summed E-state index contributed by atoms with van der Waals surface area (Å²) in [5.41, 5.74) is 0.850. The SMILES string of the molecule is CCN(Cc1cccc(F)c1)C(=O)CCC1CCNC1.Cl. The molecule has 5 heteroatoms. The Morgan fingerprint density at radius 1 is 1.48 bits per heavy atom. The fourth-order valence-electron chi connectivity index (χ4n) is 2.68. The van der Waals surface area contributed by atoms with Gasteiger partial charge in [0.25, 0.3) is 0 Å². The van der Waals surface area contributed by atoms with Gasteiger partial charge in [0.1, 0.15) is 5.82 Å². The van der Waals surface area contributed by atoms with Gasteiger partial charge in [-0.25, -0.2) is 4.39 Å². The first-order valence-electron chi connectivity index (χ1n) is 7.42. The van der Waals surface area contributed by atoms with E-state index in [4.69, 9.17) is 0 Å². The molecule has 118 valence electrons. The van der Waals surface area contributed by atoms with E-state index in [9.17, 15) is 9.18 Å². The molecule has 1 aromatic carbocycles. The van der Waals surface area contributed by atoms with Crippen LogP contribution in [0.3, 0.4) is 0 Å². The zero-order chi connectivity index (χ0) is 14.4. The lowest BCUT2D eigenvalue weighted by Gasteiger charge is -2.21. The number of halogens is 2. The number of rotatable bonds is 6. The maximum Gasteiger partial charge on any atom is 0.222 e. The van der Waals surface area contributed by atoms with E-state index in [1.54, 1.807) is 11.0 Å². The lowest BCUT2D eigenvalue weighted by Crippen LogP contribution is -2.30. The molecule has 1 N–H and O–H groups in total. The van der Waals surface area contributed by atoms with Crippen molar-refractivity contribution >= 4 is 18.3 Å². The third kappa shape index (κ3) is 5.64.